The van der Waals surface area contributed by atoms with Gasteiger partial charge in [0.2, 0.25) is 5.79 Å². The number of halogens is 1. The summed E-state index contributed by atoms with van der Waals surface area (Å²) >= 11 is 5.88. The topological polar surface area (TPSA) is 35.5 Å². The first-order valence-corrected chi connectivity index (χ1v) is 7.04. The maximum Gasteiger partial charge on any atom is 0.340 e. The molecule has 21 heavy (non-hydrogen) atoms. The minimum atomic E-state index is -0.967. The van der Waals surface area contributed by atoms with Crippen LogP contribution in [0.5, 0.6) is 0 Å². The standard InChI is InChI=1S/C17H17ClO3/c1-5-12(13-6-8-14(18)9-7-13)10-15-11(2)16(19)21-17(3,4)20-15/h1,6-9,12H,10H2,2-4H3/t12-/m0/s1. The summed E-state index contributed by atoms with van der Waals surface area (Å²) in [4.78, 5) is 11.8. The summed E-state index contributed by atoms with van der Waals surface area (Å²) in [5, 5.41) is 0.656. The van der Waals surface area contributed by atoms with Crippen LogP contribution in [0.4, 0.5) is 0 Å². The van der Waals surface area contributed by atoms with Crippen molar-refractivity contribution in [3.63, 3.8) is 0 Å². The van der Waals surface area contributed by atoms with E-state index in [4.69, 9.17) is 27.5 Å². The van der Waals surface area contributed by atoms with Gasteiger partial charge in [-0.25, -0.2) is 4.79 Å². The van der Waals surface area contributed by atoms with Crippen LogP contribution < -0.4 is 0 Å². The van der Waals surface area contributed by atoms with Gasteiger partial charge in [0, 0.05) is 25.3 Å². The molecule has 0 aromatic heterocycles. The number of benzene rings is 1. The van der Waals surface area contributed by atoms with Gasteiger partial charge < -0.3 is 9.47 Å². The molecule has 1 aromatic rings. The van der Waals surface area contributed by atoms with Crippen LogP contribution in [0.25, 0.3) is 0 Å². The Kier molecular flexibility index (Phi) is 4.29. The van der Waals surface area contributed by atoms with Crippen molar-refractivity contribution in [2.75, 3.05) is 0 Å². The number of cyclic esters (lactones) is 1. The lowest BCUT2D eigenvalue weighted by atomic mass is 9.94. The molecular weight excluding hydrogens is 288 g/mol. The van der Waals surface area contributed by atoms with Crippen LogP contribution in [0.2, 0.25) is 5.02 Å². The smallest absolute Gasteiger partial charge is 0.340 e. The zero-order valence-electron chi connectivity index (χ0n) is 12.3. The molecule has 0 unspecified atom stereocenters. The number of allylic oxidation sites excluding steroid dienone is 1. The first kappa shape index (κ1) is 15.5. The monoisotopic (exact) mass is 304 g/mol. The highest BCUT2D eigenvalue weighted by Crippen LogP contribution is 2.33. The minimum Gasteiger partial charge on any atom is -0.457 e. The molecule has 0 N–H and O–H groups in total. The zero-order chi connectivity index (χ0) is 15.6. The number of terminal acetylenes is 1. The van der Waals surface area contributed by atoms with Crippen LogP contribution in [0.3, 0.4) is 0 Å². The van der Waals surface area contributed by atoms with Crippen molar-refractivity contribution in [2.24, 2.45) is 0 Å². The summed E-state index contributed by atoms with van der Waals surface area (Å²) < 4.78 is 10.9. The van der Waals surface area contributed by atoms with Crippen LogP contribution in [0.1, 0.15) is 38.7 Å². The Labute approximate surface area is 129 Å². The lowest BCUT2D eigenvalue weighted by Crippen LogP contribution is -2.36. The predicted molar refractivity (Wildman–Crippen MR) is 81.6 cm³/mol. The number of ether oxygens (including phenoxy) is 2. The molecule has 3 nitrogen and oxygen atoms in total. The Morgan fingerprint density at radius 3 is 2.48 bits per heavy atom. The van der Waals surface area contributed by atoms with Gasteiger partial charge in [-0.05, 0) is 24.6 Å². The molecule has 0 radical (unpaired) electrons. The third kappa shape index (κ3) is 3.59. The molecular formula is C17H17ClO3. The van der Waals surface area contributed by atoms with Crippen LogP contribution in [-0.4, -0.2) is 11.8 Å². The summed E-state index contributed by atoms with van der Waals surface area (Å²) in [6.45, 7) is 5.08. The van der Waals surface area contributed by atoms with Crippen LogP contribution in [0, 0.1) is 12.3 Å². The van der Waals surface area contributed by atoms with E-state index in [-0.39, 0.29) is 11.9 Å². The fourth-order valence-electron chi connectivity index (χ4n) is 2.16. The van der Waals surface area contributed by atoms with E-state index in [1.165, 1.54) is 0 Å². The van der Waals surface area contributed by atoms with Gasteiger partial charge in [-0.15, -0.1) is 6.42 Å². The number of hydrogen-bond donors (Lipinski definition) is 0. The molecule has 0 spiro atoms. The maximum atomic E-state index is 11.8. The second-order valence-corrected chi connectivity index (χ2v) is 5.85. The summed E-state index contributed by atoms with van der Waals surface area (Å²) in [5.41, 5.74) is 1.42. The van der Waals surface area contributed by atoms with Crippen molar-refractivity contribution in [1.29, 1.82) is 0 Å². The summed E-state index contributed by atoms with van der Waals surface area (Å²) in [6, 6.07) is 7.36. The van der Waals surface area contributed by atoms with Gasteiger partial charge in [0.05, 0.1) is 11.5 Å². The molecule has 110 valence electrons. The van der Waals surface area contributed by atoms with Gasteiger partial charge in [0.1, 0.15) is 5.76 Å². The van der Waals surface area contributed by atoms with Gasteiger partial charge in [0.25, 0.3) is 0 Å². The van der Waals surface area contributed by atoms with Crippen molar-refractivity contribution in [3.8, 4) is 12.3 Å². The fraction of sp³-hybridized carbons (Fsp3) is 0.353. The molecule has 4 heteroatoms. The van der Waals surface area contributed by atoms with Gasteiger partial charge in [-0.2, -0.15) is 0 Å². The van der Waals surface area contributed by atoms with Crippen LogP contribution in [0.15, 0.2) is 35.6 Å². The Bertz CT molecular complexity index is 620. The average Bonchev–Trinajstić information content (AvgIpc) is 2.41. The molecule has 1 aliphatic rings. The molecule has 0 aliphatic carbocycles. The Hall–Kier alpha value is -1.92. The van der Waals surface area contributed by atoms with E-state index >= 15 is 0 Å². The number of carbonyl (C=O) groups excluding carboxylic acids is 1. The molecule has 1 heterocycles. The van der Waals surface area contributed by atoms with E-state index in [9.17, 15) is 4.79 Å². The van der Waals surface area contributed by atoms with E-state index in [1.54, 1.807) is 32.9 Å². The molecule has 0 bridgehead atoms. The minimum absolute atomic E-state index is 0.186. The van der Waals surface area contributed by atoms with Crippen molar-refractivity contribution >= 4 is 17.6 Å². The van der Waals surface area contributed by atoms with E-state index < -0.39 is 5.79 Å². The number of carbonyl (C=O) groups is 1. The molecule has 1 aliphatic heterocycles. The number of rotatable bonds is 3. The first-order chi connectivity index (χ1) is 9.82. The molecule has 1 aromatic carbocycles. The van der Waals surface area contributed by atoms with Crippen LogP contribution >= 0.6 is 11.6 Å². The summed E-state index contributed by atoms with van der Waals surface area (Å²) in [5.74, 6) is 1.80. The second kappa shape index (κ2) is 5.83. The average molecular weight is 305 g/mol. The predicted octanol–water partition coefficient (Wildman–Crippen LogP) is 4.03. The van der Waals surface area contributed by atoms with E-state index in [0.29, 0.717) is 22.8 Å². The van der Waals surface area contributed by atoms with Crippen LogP contribution in [-0.2, 0) is 14.3 Å². The largest absolute Gasteiger partial charge is 0.457 e. The van der Waals surface area contributed by atoms with Crippen molar-refractivity contribution in [2.45, 2.75) is 38.9 Å². The second-order valence-electron chi connectivity index (χ2n) is 5.41. The van der Waals surface area contributed by atoms with Gasteiger partial charge >= 0.3 is 5.97 Å². The lowest BCUT2D eigenvalue weighted by Gasteiger charge is -2.33. The molecule has 0 saturated carbocycles. The lowest BCUT2D eigenvalue weighted by molar-refractivity contribution is -0.208. The van der Waals surface area contributed by atoms with Crippen molar-refractivity contribution in [3.05, 3.63) is 46.2 Å². The Morgan fingerprint density at radius 1 is 1.29 bits per heavy atom. The SMILES string of the molecule is C#C[C@@H](CC1=C(C)C(=O)OC(C)(C)O1)c1ccc(Cl)cc1. The fourth-order valence-corrected chi connectivity index (χ4v) is 2.28. The number of hydrogen-bond acceptors (Lipinski definition) is 3. The highest BCUT2D eigenvalue weighted by atomic mass is 35.5. The van der Waals surface area contributed by atoms with Crippen molar-refractivity contribution in [1.82, 2.24) is 0 Å². The van der Waals surface area contributed by atoms with E-state index in [0.717, 1.165) is 5.56 Å². The Morgan fingerprint density at radius 2 is 1.90 bits per heavy atom. The highest BCUT2D eigenvalue weighted by Gasteiger charge is 2.34. The molecule has 0 fully saturated rings. The third-order valence-corrected chi connectivity index (χ3v) is 3.55. The van der Waals surface area contributed by atoms with Gasteiger partial charge in [-0.1, -0.05) is 29.7 Å². The quantitative estimate of drug-likeness (QED) is 0.625. The zero-order valence-corrected chi connectivity index (χ0v) is 13.0. The maximum absolute atomic E-state index is 11.8. The number of esters is 1. The third-order valence-electron chi connectivity index (χ3n) is 3.30. The molecule has 0 saturated heterocycles. The molecule has 2 rings (SSSR count). The summed E-state index contributed by atoms with van der Waals surface area (Å²) in [6.07, 6.45) is 6.08. The molecule has 1 atom stereocenters. The van der Waals surface area contributed by atoms with Gasteiger partial charge in [0.15, 0.2) is 0 Å². The van der Waals surface area contributed by atoms with Crippen molar-refractivity contribution < 1.29 is 14.3 Å². The van der Waals surface area contributed by atoms with E-state index in [2.05, 4.69) is 5.92 Å². The van der Waals surface area contributed by atoms with Gasteiger partial charge in [-0.3, -0.25) is 0 Å². The first-order valence-electron chi connectivity index (χ1n) is 6.66. The normalized spacial score (nSPS) is 18.5. The van der Waals surface area contributed by atoms with E-state index in [1.807, 2.05) is 12.1 Å². The summed E-state index contributed by atoms with van der Waals surface area (Å²) in [7, 11) is 0. The molecule has 0 amide bonds. The highest BCUT2D eigenvalue weighted by molar-refractivity contribution is 6.30. The Balaban J connectivity index is 2.26.